The minimum Gasteiger partial charge on any atom is -0.453 e. The van der Waals surface area contributed by atoms with Crippen LogP contribution in [0.4, 0.5) is 0 Å². The number of hydrogen-bond donors (Lipinski definition) is 8. The highest BCUT2D eigenvalue weighted by Crippen LogP contribution is 2.45. The van der Waals surface area contributed by atoms with Crippen LogP contribution in [0.5, 0.6) is 0 Å². The zero-order chi connectivity index (χ0) is 39.5. The van der Waals surface area contributed by atoms with Gasteiger partial charge in [-0.2, -0.15) is 0 Å². The lowest BCUT2D eigenvalue weighted by molar-refractivity contribution is -0.378. The fourth-order valence-electron chi connectivity index (χ4n) is 6.35. The zero-order valence-corrected chi connectivity index (χ0v) is 31.5. The highest BCUT2D eigenvalue weighted by Gasteiger charge is 2.74. The first-order chi connectivity index (χ1) is 24.6. The summed E-state index contributed by atoms with van der Waals surface area (Å²) in [4.78, 5) is 55.1. The number of carbonyl (C=O) groups is 4. The van der Waals surface area contributed by atoms with E-state index < -0.39 is 103 Å². The van der Waals surface area contributed by atoms with E-state index in [2.05, 4.69) is 0 Å². The molecule has 15 nitrogen and oxygen atoms in total. The Morgan fingerprint density at radius 3 is 1.62 bits per heavy atom. The molecule has 1 aliphatic heterocycles. The standard InChI is InChI=1S/C37H66O15/c1-5-9-13-14-18-22-28(43)50-33-35(52-34(47)31(46)29(44)25(40)23-38)51-32(30(45)24(39)19-15-10-6-2)36(48,26(41)20-16-11-7-3)37(33,49)27(42)21-17-12-8-4/h25,29-35,38,40,44-49H,5-23H2,1-4H3/t25-,29+,30?,31+,32-,33-,34?,35+,36-,37-/m1/s1. The molecule has 0 bridgehead atoms. The lowest BCUT2D eigenvalue weighted by Crippen LogP contribution is -2.82. The van der Waals surface area contributed by atoms with E-state index >= 15 is 0 Å². The summed E-state index contributed by atoms with van der Waals surface area (Å²) in [6.45, 7) is 6.57. The average molecular weight is 751 g/mol. The van der Waals surface area contributed by atoms with Crippen molar-refractivity contribution >= 4 is 23.3 Å². The van der Waals surface area contributed by atoms with Gasteiger partial charge in [-0.25, -0.2) is 0 Å². The second-order valence-electron chi connectivity index (χ2n) is 13.9. The molecule has 2 unspecified atom stereocenters. The fraction of sp³-hybridized carbons (Fsp3) is 0.892. The van der Waals surface area contributed by atoms with Crippen molar-refractivity contribution in [3.63, 3.8) is 0 Å². The van der Waals surface area contributed by atoms with E-state index in [1.54, 1.807) is 0 Å². The summed E-state index contributed by atoms with van der Waals surface area (Å²) in [5, 5.41) is 87.3. The molecule has 52 heavy (non-hydrogen) atoms. The second-order valence-corrected chi connectivity index (χ2v) is 13.9. The molecule has 1 rings (SSSR count). The van der Waals surface area contributed by atoms with Gasteiger partial charge in [0.25, 0.3) is 0 Å². The number of aliphatic hydroxyl groups excluding tert-OH is 6. The lowest BCUT2D eigenvalue weighted by atomic mass is 9.64. The molecule has 10 atom stereocenters. The van der Waals surface area contributed by atoms with Crippen LogP contribution in [0, 0.1) is 0 Å². The third kappa shape index (κ3) is 12.8. The molecule has 1 heterocycles. The Morgan fingerprint density at radius 2 is 1.10 bits per heavy atom. The van der Waals surface area contributed by atoms with Gasteiger partial charge in [-0.1, -0.05) is 91.9 Å². The van der Waals surface area contributed by atoms with Crippen LogP contribution in [-0.2, 0) is 33.4 Å². The summed E-state index contributed by atoms with van der Waals surface area (Å²) in [5.74, 6) is -4.26. The van der Waals surface area contributed by atoms with Gasteiger partial charge >= 0.3 is 5.97 Å². The molecule has 8 N–H and O–H groups in total. The van der Waals surface area contributed by atoms with Crippen LogP contribution in [0.1, 0.15) is 143 Å². The Labute approximate surface area is 307 Å². The smallest absolute Gasteiger partial charge is 0.306 e. The van der Waals surface area contributed by atoms with Crippen molar-refractivity contribution in [2.75, 3.05) is 6.61 Å². The third-order valence-corrected chi connectivity index (χ3v) is 9.68. The van der Waals surface area contributed by atoms with Gasteiger partial charge in [-0.15, -0.1) is 0 Å². The first-order valence-electron chi connectivity index (χ1n) is 19.2. The Kier molecular flexibility index (Phi) is 22.6. The van der Waals surface area contributed by atoms with Gasteiger partial charge in [0, 0.05) is 25.7 Å². The normalized spacial score (nSPS) is 26.3. The van der Waals surface area contributed by atoms with Crippen LogP contribution in [0.3, 0.4) is 0 Å². The molecule has 0 aromatic heterocycles. The van der Waals surface area contributed by atoms with Crippen LogP contribution in [0.2, 0.25) is 0 Å². The molecule has 0 aliphatic carbocycles. The molecule has 1 saturated heterocycles. The van der Waals surface area contributed by atoms with E-state index in [-0.39, 0.29) is 25.7 Å². The Hall–Kier alpha value is -1.92. The molecule has 0 radical (unpaired) electrons. The largest absolute Gasteiger partial charge is 0.453 e. The number of ketones is 3. The van der Waals surface area contributed by atoms with Crippen molar-refractivity contribution in [1.29, 1.82) is 0 Å². The topological polar surface area (TPSA) is 258 Å². The van der Waals surface area contributed by atoms with E-state index in [9.17, 15) is 60.0 Å². The van der Waals surface area contributed by atoms with E-state index in [1.807, 2.05) is 27.7 Å². The summed E-state index contributed by atoms with van der Waals surface area (Å²) < 4.78 is 16.9. The molecule has 1 fully saturated rings. The SMILES string of the molecule is CCCCCCCC(=O)O[C@@H]1[C@H](OC(O)[C@@H](O)[C@@H](O)[C@H](O)CO)O[C@H](C(O)C(=O)CCCCC)[C@](O)(C(=O)CCCCC)[C@@]1(O)C(=O)CCCCC. The Morgan fingerprint density at radius 1 is 0.635 bits per heavy atom. The highest BCUT2D eigenvalue weighted by molar-refractivity contribution is 6.01. The Balaban J connectivity index is 3.96. The predicted molar refractivity (Wildman–Crippen MR) is 187 cm³/mol. The quantitative estimate of drug-likeness (QED) is 0.0307. The second kappa shape index (κ2) is 24.5. The average Bonchev–Trinajstić information content (AvgIpc) is 3.13. The number of rotatable bonds is 29. The molecule has 0 aromatic carbocycles. The Bertz CT molecular complexity index is 1070. The minimum absolute atomic E-state index is 0.165. The maximum atomic E-state index is 14.3. The van der Waals surface area contributed by atoms with Crippen LogP contribution < -0.4 is 0 Å². The van der Waals surface area contributed by atoms with E-state index in [0.717, 1.165) is 19.3 Å². The van der Waals surface area contributed by atoms with Gasteiger partial charge in [-0.05, 0) is 25.7 Å². The van der Waals surface area contributed by atoms with E-state index in [0.29, 0.717) is 57.8 Å². The maximum Gasteiger partial charge on any atom is 0.306 e. The fourth-order valence-corrected chi connectivity index (χ4v) is 6.35. The van der Waals surface area contributed by atoms with Crippen LogP contribution in [0.15, 0.2) is 0 Å². The molecule has 304 valence electrons. The van der Waals surface area contributed by atoms with Crippen molar-refractivity contribution in [3.8, 4) is 0 Å². The minimum atomic E-state index is -3.42. The maximum absolute atomic E-state index is 14.3. The molecule has 0 spiro atoms. The molecule has 1 aliphatic rings. The summed E-state index contributed by atoms with van der Waals surface area (Å²) in [7, 11) is 0. The molecule has 0 amide bonds. The number of Topliss-reactive ketones (excluding diaryl/α,β-unsaturated/α-hetero) is 3. The molecular weight excluding hydrogens is 684 g/mol. The van der Waals surface area contributed by atoms with Gasteiger partial charge in [0.1, 0.15) is 30.5 Å². The number of aliphatic hydroxyl groups is 8. The van der Waals surface area contributed by atoms with Crippen molar-refractivity contribution < 1.29 is 74.2 Å². The van der Waals surface area contributed by atoms with E-state index in [1.165, 1.54) is 0 Å². The summed E-state index contributed by atoms with van der Waals surface area (Å²) >= 11 is 0. The van der Waals surface area contributed by atoms with Crippen molar-refractivity contribution in [2.45, 2.75) is 204 Å². The number of ether oxygens (including phenoxy) is 3. The molecule has 0 aromatic rings. The third-order valence-electron chi connectivity index (χ3n) is 9.68. The van der Waals surface area contributed by atoms with Gasteiger partial charge in [-0.3, -0.25) is 19.2 Å². The summed E-state index contributed by atoms with van der Waals surface area (Å²) in [6.07, 6.45) is -12.0. The van der Waals surface area contributed by atoms with Crippen LogP contribution in [-0.4, -0.2) is 131 Å². The van der Waals surface area contributed by atoms with Crippen molar-refractivity contribution in [3.05, 3.63) is 0 Å². The van der Waals surface area contributed by atoms with Crippen molar-refractivity contribution in [1.82, 2.24) is 0 Å². The lowest BCUT2D eigenvalue weighted by Gasteiger charge is -2.55. The van der Waals surface area contributed by atoms with Gasteiger partial charge in [0.05, 0.1) is 6.61 Å². The van der Waals surface area contributed by atoms with Gasteiger partial charge < -0.3 is 55.1 Å². The molecule has 15 heteroatoms. The first-order valence-corrected chi connectivity index (χ1v) is 19.2. The predicted octanol–water partition coefficient (Wildman–Crippen LogP) is 1.66. The monoisotopic (exact) mass is 750 g/mol. The molecule has 0 saturated carbocycles. The van der Waals surface area contributed by atoms with Crippen LogP contribution in [0.25, 0.3) is 0 Å². The summed E-state index contributed by atoms with van der Waals surface area (Å²) in [6, 6.07) is 0. The van der Waals surface area contributed by atoms with Crippen LogP contribution >= 0.6 is 0 Å². The molecular formula is C37H66O15. The first kappa shape index (κ1) is 48.1. The zero-order valence-electron chi connectivity index (χ0n) is 31.5. The van der Waals surface area contributed by atoms with Gasteiger partial charge in [0.2, 0.25) is 11.9 Å². The highest BCUT2D eigenvalue weighted by atomic mass is 16.8. The number of unbranched alkanes of at least 4 members (excludes halogenated alkanes) is 10. The van der Waals surface area contributed by atoms with E-state index in [4.69, 9.17) is 14.2 Å². The summed E-state index contributed by atoms with van der Waals surface area (Å²) in [5.41, 5.74) is -6.81. The van der Waals surface area contributed by atoms with Crippen molar-refractivity contribution in [2.24, 2.45) is 0 Å². The number of carbonyl (C=O) groups excluding carboxylic acids is 4. The number of esters is 1. The number of hydrogen-bond acceptors (Lipinski definition) is 15. The van der Waals surface area contributed by atoms with Gasteiger partial charge in [0.15, 0.2) is 35.3 Å².